The van der Waals surface area contributed by atoms with Gasteiger partial charge >= 0.3 is 0 Å². The lowest BCUT2D eigenvalue weighted by Gasteiger charge is -2.28. The molecule has 0 atom stereocenters. The van der Waals surface area contributed by atoms with Crippen LogP contribution in [0.5, 0.6) is 0 Å². The number of anilines is 2. The van der Waals surface area contributed by atoms with Gasteiger partial charge in [-0.3, -0.25) is 0 Å². The zero-order valence-corrected chi connectivity index (χ0v) is 20.5. The molecule has 0 radical (unpaired) electrons. The smallest absolute Gasteiger partial charge is 0.0685 e. The second-order valence-electron chi connectivity index (χ2n) is 8.27. The molecule has 3 aromatic rings. The molecule has 3 rings (SSSR count). The average molecular weight is 447 g/mol. The lowest BCUT2D eigenvalue weighted by molar-refractivity contribution is 0.279. The van der Waals surface area contributed by atoms with Gasteiger partial charge in [-0.15, -0.1) is 0 Å². The third-order valence-electron chi connectivity index (χ3n) is 6.61. The molecule has 0 amide bonds. The maximum atomic E-state index is 10.3. The quantitative estimate of drug-likeness (QED) is 0.380. The topological polar surface area (TPSA) is 46.9 Å². The van der Waals surface area contributed by atoms with Gasteiger partial charge in [0.1, 0.15) is 0 Å². The van der Waals surface area contributed by atoms with E-state index in [4.69, 9.17) is 0 Å². The molecule has 33 heavy (non-hydrogen) atoms. The normalized spacial score (nSPS) is 11.1. The van der Waals surface area contributed by atoms with Crippen molar-refractivity contribution in [3.63, 3.8) is 0 Å². The predicted octanol–water partition coefficient (Wildman–Crippen LogP) is 5.54. The summed E-state index contributed by atoms with van der Waals surface area (Å²) >= 11 is 0. The Morgan fingerprint density at radius 1 is 0.606 bits per heavy atom. The highest BCUT2D eigenvalue weighted by molar-refractivity contribution is 5.58. The maximum Gasteiger partial charge on any atom is 0.0685 e. The maximum absolute atomic E-state index is 10.3. The first-order valence-electron chi connectivity index (χ1n) is 12.1. The Kier molecular flexibility index (Phi) is 8.93. The van der Waals surface area contributed by atoms with E-state index in [9.17, 15) is 10.2 Å². The Bertz CT molecular complexity index is 948. The summed E-state index contributed by atoms with van der Waals surface area (Å²) in [6.45, 7) is 12.2. The van der Waals surface area contributed by atoms with Crippen LogP contribution < -0.4 is 9.80 Å². The van der Waals surface area contributed by atoms with Crippen molar-refractivity contribution in [3.8, 4) is 0 Å². The van der Waals surface area contributed by atoms with Gasteiger partial charge in [0.25, 0.3) is 0 Å². The third-order valence-corrected chi connectivity index (χ3v) is 6.61. The molecule has 176 valence electrons. The second kappa shape index (κ2) is 11.9. The zero-order chi connectivity index (χ0) is 23.8. The summed E-state index contributed by atoms with van der Waals surface area (Å²) in [7, 11) is 0. The van der Waals surface area contributed by atoms with Crippen LogP contribution in [-0.4, -0.2) is 36.4 Å². The first kappa shape index (κ1) is 24.8. The van der Waals surface area contributed by atoms with E-state index in [0.717, 1.165) is 65.4 Å². The van der Waals surface area contributed by atoms with Crippen LogP contribution in [0, 0.1) is 0 Å². The molecule has 0 saturated heterocycles. The molecule has 0 unspecified atom stereocenters. The van der Waals surface area contributed by atoms with Crippen molar-refractivity contribution in [1.82, 2.24) is 0 Å². The Labute approximate surface area is 199 Å². The van der Waals surface area contributed by atoms with Gasteiger partial charge in [0.15, 0.2) is 0 Å². The fourth-order valence-electron chi connectivity index (χ4n) is 4.76. The van der Waals surface area contributed by atoms with E-state index >= 15 is 0 Å². The minimum absolute atomic E-state index is 0.0280. The number of rotatable bonds is 11. The van der Waals surface area contributed by atoms with Gasteiger partial charge in [-0.05, 0) is 79.8 Å². The molecular formula is C29H38N2O2. The molecule has 0 bridgehead atoms. The van der Waals surface area contributed by atoms with Crippen LogP contribution in [0.15, 0.2) is 66.7 Å². The molecule has 4 heteroatoms. The highest BCUT2D eigenvalue weighted by Gasteiger charge is 2.23. The minimum Gasteiger partial charge on any atom is -0.392 e. The van der Waals surface area contributed by atoms with Crippen molar-refractivity contribution in [2.24, 2.45) is 0 Å². The van der Waals surface area contributed by atoms with E-state index in [0.29, 0.717) is 0 Å². The number of hydrogen-bond donors (Lipinski definition) is 2. The van der Waals surface area contributed by atoms with Gasteiger partial charge in [0.2, 0.25) is 0 Å². The Morgan fingerprint density at radius 2 is 1.03 bits per heavy atom. The number of benzene rings is 3. The fourth-order valence-corrected chi connectivity index (χ4v) is 4.76. The summed E-state index contributed by atoms with van der Waals surface area (Å²) in [5, 5.41) is 20.7. The molecule has 0 aliphatic rings. The van der Waals surface area contributed by atoms with Crippen LogP contribution in [0.4, 0.5) is 11.4 Å². The van der Waals surface area contributed by atoms with E-state index in [-0.39, 0.29) is 19.1 Å². The highest BCUT2D eigenvalue weighted by atomic mass is 16.3. The summed E-state index contributed by atoms with van der Waals surface area (Å²) in [5.74, 6) is -0.0768. The number of nitrogens with zero attached hydrogens (tertiary/aromatic N) is 2. The standard InChI is InChI=1S/C29H38N2O2/c1-5-30(6-2)25-14-16-27(23(18-25)20-32)29(22-12-10-9-11-13-22)28-17-15-26(19-24(28)21-33)31(7-3)8-4/h9-19,29,32-33H,5-8,20-21H2,1-4H3. The van der Waals surface area contributed by atoms with Crippen LogP contribution in [0.2, 0.25) is 0 Å². The van der Waals surface area contributed by atoms with Gasteiger partial charge in [0.05, 0.1) is 13.2 Å². The second-order valence-corrected chi connectivity index (χ2v) is 8.27. The van der Waals surface area contributed by atoms with E-state index < -0.39 is 0 Å². The number of hydrogen-bond acceptors (Lipinski definition) is 4. The molecule has 0 aliphatic carbocycles. The van der Waals surface area contributed by atoms with Crippen LogP contribution in [0.25, 0.3) is 0 Å². The minimum atomic E-state index is -0.0768. The Balaban J connectivity index is 2.19. The number of aliphatic hydroxyl groups excluding tert-OH is 2. The van der Waals surface area contributed by atoms with Crippen LogP contribution in [0.3, 0.4) is 0 Å². The predicted molar refractivity (Wildman–Crippen MR) is 139 cm³/mol. The zero-order valence-electron chi connectivity index (χ0n) is 20.5. The van der Waals surface area contributed by atoms with Crippen molar-refractivity contribution in [2.75, 3.05) is 36.0 Å². The van der Waals surface area contributed by atoms with Gasteiger partial charge < -0.3 is 20.0 Å². The first-order valence-corrected chi connectivity index (χ1v) is 12.1. The molecule has 0 saturated carbocycles. The van der Waals surface area contributed by atoms with Gasteiger partial charge in [-0.2, -0.15) is 0 Å². The summed E-state index contributed by atoms with van der Waals surface area (Å²) in [6.07, 6.45) is 0. The highest BCUT2D eigenvalue weighted by Crippen LogP contribution is 2.38. The lowest BCUT2D eigenvalue weighted by atomic mass is 9.80. The average Bonchev–Trinajstić information content (AvgIpc) is 2.87. The van der Waals surface area contributed by atoms with E-state index in [1.54, 1.807) is 0 Å². The van der Waals surface area contributed by atoms with E-state index in [1.165, 1.54) is 0 Å². The Hall–Kier alpha value is -2.82. The van der Waals surface area contributed by atoms with E-state index in [1.807, 2.05) is 18.2 Å². The van der Waals surface area contributed by atoms with Gasteiger partial charge in [0, 0.05) is 43.5 Å². The van der Waals surface area contributed by atoms with Crippen molar-refractivity contribution in [2.45, 2.75) is 46.8 Å². The summed E-state index contributed by atoms with van der Waals surface area (Å²) < 4.78 is 0. The van der Waals surface area contributed by atoms with Crippen molar-refractivity contribution < 1.29 is 10.2 Å². The van der Waals surface area contributed by atoms with E-state index in [2.05, 4.69) is 86.0 Å². The summed E-state index contributed by atoms with van der Waals surface area (Å²) in [6, 6.07) is 23.2. The van der Waals surface area contributed by atoms with Crippen molar-refractivity contribution in [1.29, 1.82) is 0 Å². The third kappa shape index (κ3) is 5.40. The van der Waals surface area contributed by atoms with Gasteiger partial charge in [-0.1, -0.05) is 42.5 Å². The largest absolute Gasteiger partial charge is 0.392 e. The van der Waals surface area contributed by atoms with Crippen LogP contribution in [0.1, 0.15) is 61.4 Å². The molecule has 0 fully saturated rings. The molecule has 0 spiro atoms. The SMILES string of the molecule is CCN(CC)c1ccc(C(c2ccccc2)c2ccc(N(CC)CC)cc2CO)c(CO)c1. The molecule has 0 aromatic heterocycles. The summed E-state index contributed by atoms with van der Waals surface area (Å²) in [5.41, 5.74) is 7.38. The fraction of sp³-hybridized carbons (Fsp3) is 0.379. The molecule has 4 nitrogen and oxygen atoms in total. The molecule has 2 N–H and O–H groups in total. The monoisotopic (exact) mass is 446 g/mol. The van der Waals surface area contributed by atoms with Crippen LogP contribution >= 0.6 is 0 Å². The molecular weight excluding hydrogens is 408 g/mol. The number of aliphatic hydroxyl groups is 2. The summed E-state index contributed by atoms with van der Waals surface area (Å²) in [4.78, 5) is 4.58. The molecule has 0 heterocycles. The van der Waals surface area contributed by atoms with Gasteiger partial charge in [-0.25, -0.2) is 0 Å². The lowest BCUT2D eigenvalue weighted by Crippen LogP contribution is -2.22. The molecule has 0 aliphatic heterocycles. The van der Waals surface area contributed by atoms with Crippen LogP contribution in [-0.2, 0) is 13.2 Å². The van der Waals surface area contributed by atoms with Crippen molar-refractivity contribution >= 4 is 11.4 Å². The first-order chi connectivity index (χ1) is 16.1. The Morgan fingerprint density at radius 3 is 1.39 bits per heavy atom. The van der Waals surface area contributed by atoms with Crippen molar-refractivity contribution in [3.05, 3.63) is 94.5 Å². The molecule has 3 aromatic carbocycles.